The highest BCUT2D eigenvalue weighted by molar-refractivity contribution is 5.54. The topological polar surface area (TPSA) is 38.5 Å². The Morgan fingerprint density at radius 2 is 2.00 bits per heavy atom. The Labute approximate surface area is 110 Å². The number of benzene rings is 1. The van der Waals surface area contributed by atoms with E-state index in [0.29, 0.717) is 12.5 Å². The molecule has 0 bridgehead atoms. The zero-order chi connectivity index (χ0) is 13.0. The van der Waals surface area contributed by atoms with Crippen molar-refractivity contribution < 1.29 is 4.74 Å². The van der Waals surface area contributed by atoms with Crippen molar-refractivity contribution >= 4 is 5.69 Å². The lowest BCUT2D eigenvalue weighted by molar-refractivity contribution is 0.262. The fourth-order valence-electron chi connectivity index (χ4n) is 2.53. The molecule has 2 N–H and O–H groups in total. The number of nitrogen functional groups attached to an aromatic ring is 1. The summed E-state index contributed by atoms with van der Waals surface area (Å²) in [5.74, 6) is 1.56. The molecule has 1 aliphatic rings. The molecule has 1 aromatic rings. The molecule has 100 valence electrons. The average molecular weight is 248 g/mol. The molecule has 0 amide bonds. The molecular formula is C15H24N2O. The highest BCUT2D eigenvalue weighted by atomic mass is 16.5. The van der Waals surface area contributed by atoms with Gasteiger partial charge in [-0.15, -0.1) is 0 Å². The standard InChI is InChI=1S/C15H24N2O/c1-17(2)9-10-18-15-11-13(7-8-14(15)16)12-5-3-4-6-12/h7-8,11-12H,3-6,9-10,16H2,1-2H3. The molecule has 0 atom stereocenters. The molecular weight excluding hydrogens is 224 g/mol. The predicted octanol–water partition coefficient (Wildman–Crippen LogP) is 2.87. The molecule has 0 heterocycles. The highest BCUT2D eigenvalue weighted by Gasteiger charge is 2.18. The maximum Gasteiger partial charge on any atom is 0.142 e. The van der Waals surface area contributed by atoms with Crippen LogP contribution in [-0.2, 0) is 0 Å². The molecule has 3 heteroatoms. The lowest BCUT2D eigenvalue weighted by Crippen LogP contribution is -2.19. The van der Waals surface area contributed by atoms with E-state index in [1.807, 2.05) is 20.2 Å². The Morgan fingerprint density at radius 1 is 1.28 bits per heavy atom. The highest BCUT2D eigenvalue weighted by Crippen LogP contribution is 2.36. The minimum absolute atomic E-state index is 0.686. The second-order valence-electron chi connectivity index (χ2n) is 5.43. The van der Waals surface area contributed by atoms with E-state index >= 15 is 0 Å². The molecule has 0 spiro atoms. The van der Waals surface area contributed by atoms with E-state index in [2.05, 4.69) is 17.0 Å². The number of hydrogen-bond acceptors (Lipinski definition) is 3. The Hall–Kier alpha value is -1.22. The smallest absolute Gasteiger partial charge is 0.142 e. The van der Waals surface area contributed by atoms with Gasteiger partial charge in [-0.05, 0) is 50.6 Å². The van der Waals surface area contributed by atoms with E-state index in [1.54, 1.807) is 0 Å². The van der Waals surface area contributed by atoms with Crippen molar-refractivity contribution in [2.45, 2.75) is 31.6 Å². The van der Waals surface area contributed by atoms with Gasteiger partial charge in [0.2, 0.25) is 0 Å². The van der Waals surface area contributed by atoms with Gasteiger partial charge in [-0.1, -0.05) is 18.9 Å². The van der Waals surface area contributed by atoms with Crippen molar-refractivity contribution in [3.63, 3.8) is 0 Å². The van der Waals surface area contributed by atoms with Gasteiger partial charge >= 0.3 is 0 Å². The minimum Gasteiger partial charge on any atom is -0.490 e. The second kappa shape index (κ2) is 6.10. The Morgan fingerprint density at radius 3 is 2.67 bits per heavy atom. The Kier molecular flexibility index (Phi) is 4.48. The average Bonchev–Trinajstić information content (AvgIpc) is 2.84. The van der Waals surface area contributed by atoms with Crippen LogP contribution in [0.2, 0.25) is 0 Å². The number of likely N-dealkylation sites (N-methyl/N-ethyl adjacent to an activating group) is 1. The van der Waals surface area contributed by atoms with E-state index in [0.717, 1.165) is 18.0 Å². The van der Waals surface area contributed by atoms with Crippen molar-refractivity contribution in [2.24, 2.45) is 0 Å². The summed E-state index contributed by atoms with van der Waals surface area (Å²) in [6.45, 7) is 1.60. The van der Waals surface area contributed by atoms with Crippen molar-refractivity contribution in [1.29, 1.82) is 0 Å². The van der Waals surface area contributed by atoms with E-state index in [1.165, 1.54) is 31.2 Å². The quantitative estimate of drug-likeness (QED) is 0.814. The number of rotatable bonds is 5. The fraction of sp³-hybridized carbons (Fsp3) is 0.600. The summed E-state index contributed by atoms with van der Waals surface area (Å²) in [6, 6.07) is 6.28. The normalized spacial score (nSPS) is 16.4. The van der Waals surface area contributed by atoms with Crippen LogP contribution in [0, 0.1) is 0 Å². The summed E-state index contributed by atoms with van der Waals surface area (Å²) >= 11 is 0. The largest absolute Gasteiger partial charge is 0.490 e. The van der Waals surface area contributed by atoms with Crippen LogP contribution in [0.3, 0.4) is 0 Å². The van der Waals surface area contributed by atoms with Crippen LogP contribution in [-0.4, -0.2) is 32.1 Å². The zero-order valence-corrected chi connectivity index (χ0v) is 11.5. The molecule has 1 saturated carbocycles. The van der Waals surface area contributed by atoms with Crippen molar-refractivity contribution in [3.05, 3.63) is 23.8 Å². The number of nitrogens with two attached hydrogens (primary N) is 1. The number of ether oxygens (including phenoxy) is 1. The van der Waals surface area contributed by atoms with E-state index in [-0.39, 0.29) is 0 Å². The lowest BCUT2D eigenvalue weighted by atomic mass is 9.97. The van der Waals surface area contributed by atoms with E-state index in [9.17, 15) is 0 Å². The number of nitrogens with zero attached hydrogens (tertiary/aromatic N) is 1. The van der Waals surface area contributed by atoms with E-state index in [4.69, 9.17) is 10.5 Å². The second-order valence-corrected chi connectivity index (χ2v) is 5.43. The third-order valence-corrected chi connectivity index (χ3v) is 3.66. The van der Waals surface area contributed by atoms with Gasteiger partial charge in [0.1, 0.15) is 12.4 Å². The van der Waals surface area contributed by atoms with Gasteiger partial charge in [-0.2, -0.15) is 0 Å². The molecule has 1 fully saturated rings. The third-order valence-electron chi connectivity index (χ3n) is 3.66. The van der Waals surface area contributed by atoms with Crippen LogP contribution in [0.1, 0.15) is 37.2 Å². The van der Waals surface area contributed by atoms with Crippen molar-refractivity contribution in [1.82, 2.24) is 4.90 Å². The summed E-state index contributed by atoms with van der Waals surface area (Å²) < 4.78 is 5.78. The molecule has 0 aromatic heterocycles. The Bertz CT molecular complexity index is 384. The molecule has 0 radical (unpaired) electrons. The summed E-state index contributed by atoms with van der Waals surface area (Å²) in [4.78, 5) is 2.11. The zero-order valence-electron chi connectivity index (χ0n) is 11.5. The van der Waals surface area contributed by atoms with Gasteiger partial charge in [0, 0.05) is 6.54 Å². The van der Waals surface area contributed by atoms with Crippen molar-refractivity contribution in [3.8, 4) is 5.75 Å². The maximum absolute atomic E-state index is 5.97. The third kappa shape index (κ3) is 3.39. The number of anilines is 1. The van der Waals surface area contributed by atoms with Gasteiger partial charge in [0.25, 0.3) is 0 Å². The maximum atomic E-state index is 5.97. The molecule has 1 aliphatic carbocycles. The summed E-state index contributed by atoms with van der Waals surface area (Å²) in [7, 11) is 4.09. The summed E-state index contributed by atoms with van der Waals surface area (Å²) in [5.41, 5.74) is 8.10. The lowest BCUT2D eigenvalue weighted by Gasteiger charge is -2.15. The Balaban J connectivity index is 2.01. The van der Waals surface area contributed by atoms with Crippen molar-refractivity contribution in [2.75, 3.05) is 33.0 Å². The molecule has 0 unspecified atom stereocenters. The van der Waals surface area contributed by atoms with Gasteiger partial charge in [-0.25, -0.2) is 0 Å². The monoisotopic (exact) mass is 248 g/mol. The fourth-order valence-corrected chi connectivity index (χ4v) is 2.53. The molecule has 0 aliphatic heterocycles. The van der Waals surface area contributed by atoms with Gasteiger partial charge in [-0.3, -0.25) is 0 Å². The molecule has 0 saturated heterocycles. The first kappa shape index (κ1) is 13.2. The van der Waals surface area contributed by atoms with Gasteiger partial charge in [0.05, 0.1) is 5.69 Å². The van der Waals surface area contributed by atoms with E-state index < -0.39 is 0 Å². The number of hydrogen-bond donors (Lipinski definition) is 1. The summed E-state index contributed by atoms with van der Waals surface area (Å²) in [5, 5.41) is 0. The molecule has 1 aromatic carbocycles. The first-order valence-corrected chi connectivity index (χ1v) is 6.84. The van der Waals surface area contributed by atoms with Crippen LogP contribution in [0.15, 0.2) is 18.2 Å². The van der Waals surface area contributed by atoms with Crippen LogP contribution in [0.5, 0.6) is 5.75 Å². The first-order chi connectivity index (χ1) is 8.66. The van der Waals surface area contributed by atoms with Gasteiger partial charge in [0.15, 0.2) is 0 Å². The first-order valence-electron chi connectivity index (χ1n) is 6.84. The van der Waals surface area contributed by atoms with Crippen LogP contribution >= 0.6 is 0 Å². The van der Waals surface area contributed by atoms with Crippen LogP contribution in [0.25, 0.3) is 0 Å². The van der Waals surface area contributed by atoms with Gasteiger partial charge < -0.3 is 15.4 Å². The minimum atomic E-state index is 0.686. The molecule has 3 nitrogen and oxygen atoms in total. The summed E-state index contributed by atoms with van der Waals surface area (Å²) in [6.07, 6.45) is 5.32. The van der Waals surface area contributed by atoms with Crippen LogP contribution < -0.4 is 10.5 Å². The SMILES string of the molecule is CN(C)CCOc1cc(C2CCCC2)ccc1N. The van der Waals surface area contributed by atoms with Crippen LogP contribution in [0.4, 0.5) is 5.69 Å². The molecule has 2 rings (SSSR count). The predicted molar refractivity (Wildman–Crippen MR) is 76.1 cm³/mol. The molecule has 18 heavy (non-hydrogen) atoms.